The zero-order valence-electron chi connectivity index (χ0n) is 19.0. The maximum Gasteiger partial charge on any atom is 0.270 e. The Kier molecular flexibility index (Phi) is 7.00. The number of hydrogen-bond acceptors (Lipinski definition) is 5. The normalized spacial score (nSPS) is 11.3. The summed E-state index contributed by atoms with van der Waals surface area (Å²) in [5.74, 6) is -0.127. The highest BCUT2D eigenvalue weighted by molar-refractivity contribution is 7.91. The molecule has 2 aromatic carbocycles. The molecule has 0 fully saturated rings. The summed E-state index contributed by atoms with van der Waals surface area (Å²) in [6.45, 7) is 6.53. The van der Waals surface area contributed by atoms with Gasteiger partial charge in [-0.15, -0.1) is 0 Å². The third-order valence-corrected chi connectivity index (χ3v) is 7.59. The summed E-state index contributed by atoms with van der Waals surface area (Å²) in [6, 6.07) is 11.1. The first-order valence-corrected chi connectivity index (χ1v) is 12.0. The van der Waals surface area contributed by atoms with Gasteiger partial charge in [-0.3, -0.25) is 9.59 Å². The third-order valence-electron chi connectivity index (χ3n) is 5.44. The molecule has 0 unspecified atom stereocenters. The van der Waals surface area contributed by atoms with Crippen LogP contribution in [-0.2, 0) is 21.2 Å². The quantitative estimate of drug-likeness (QED) is 0.560. The number of rotatable bonds is 6. The molecule has 0 atom stereocenters. The van der Waals surface area contributed by atoms with Crippen molar-refractivity contribution in [2.45, 2.75) is 44.0 Å². The van der Waals surface area contributed by atoms with Gasteiger partial charge in [0.25, 0.3) is 5.56 Å². The molecule has 1 amide bonds. The molecule has 3 aromatic rings. The van der Waals surface area contributed by atoms with E-state index in [0.717, 1.165) is 15.7 Å². The van der Waals surface area contributed by atoms with Crippen LogP contribution in [-0.4, -0.2) is 26.0 Å². The highest BCUT2D eigenvalue weighted by Crippen LogP contribution is 2.28. The topological polar surface area (TPSA) is 94.5 Å². The number of anilines is 1. The summed E-state index contributed by atoms with van der Waals surface area (Å²) in [7, 11) is -2.64. The molecule has 0 bridgehead atoms. The molecule has 0 radical (unpaired) electrons. The number of nitrogens with one attached hydrogen (secondary N) is 1. The van der Waals surface area contributed by atoms with E-state index in [1.807, 2.05) is 13.8 Å². The minimum absolute atomic E-state index is 0.0364. The highest BCUT2D eigenvalue weighted by atomic mass is 35.5. The van der Waals surface area contributed by atoms with Crippen LogP contribution >= 0.6 is 11.6 Å². The second-order valence-corrected chi connectivity index (χ2v) is 10.2. The predicted molar refractivity (Wildman–Crippen MR) is 128 cm³/mol. The Morgan fingerprint density at radius 1 is 1.00 bits per heavy atom. The average Bonchev–Trinajstić information content (AvgIpc) is 2.72. The van der Waals surface area contributed by atoms with Crippen molar-refractivity contribution in [2.24, 2.45) is 0 Å². The van der Waals surface area contributed by atoms with Crippen molar-refractivity contribution in [2.75, 3.05) is 12.4 Å². The van der Waals surface area contributed by atoms with Crippen LogP contribution in [0.4, 0.5) is 5.69 Å². The molecule has 3 rings (SSSR count). The summed E-state index contributed by atoms with van der Waals surface area (Å²) in [5, 5.41) is 3.07. The standard InChI is InChI=1S/C24H25ClN2O5S/c1-14-6-8-19(11-15(14)2)33(30,31)23-16(3)10-17(4)27(24(23)29)13-22(28)26-20-12-18(25)7-9-21(20)32-5/h6-12H,13H2,1-5H3,(H,26,28). The number of aromatic nitrogens is 1. The van der Waals surface area contributed by atoms with Gasteiger partial charge in [0, 0.05) is 10.7 Å². The number of aryl methyl sites for hydroxylation is 4. The van der Waals surface area contributed by atoms with Crippen molar-refractivity contribution in [3.8, 4) is 5.75 Å². The lowest BCUT2D eigenvalue weighted by Gasteiger charge is -2.16. The predicted octanol–water partition coefficient (Wildman–Crippen LogP) is 4.22. The van der Waals surface area contributed by atoms with Gasteiger partial charge in [0.2, 0.25) is 15.7 Å². The maximum atomic E-state index is 13.4. The fourth-order valence-corrected chi connectivity index (χ4v) is 5.35. The van der Waals surface area contributed by atoms with E-state index in [1.54, 1.807) is 44.2 Å². The van der Waals surface area contributed by atoms with Crippen LogP contribution in [0.2, 0.25) is 5.02 Å². The van der Waals surface area contributed by atoms with Crippen LogP contribution in [0.15, 0.2) is 57.1 Å². The second kappa shape index (κ2) is 9.41. The Morgan fingerprint density at radius 3 is 2.33 bits per heavy atom. The van der Waals surface area contributed by atoms with Crippen molar-refractivity contribution in [3.63, 3.8) is 0 Å². The lowest BCUT2D eigenvalue weighted by Crippen LogP contribution is -2.33. The van der Waals surface area contributed by atoms with E-state index in [-0.39, 0.29) is 16.3 Å². The van der Waals surface area contributed by atoms with Gasteiger partial charge in [0.1, 0.15) is 17.2 Å². The number of methoxy groups -OCH3 is 1. The Labute approximate surface area is 197 Å². The Morgan fingerprint density at radius 2 is 1.70 bits per heavy atom. The number of pyridine rings is 1. The smallest absolute Gasteiger partial charge is 0.270 e. The minimum Gasteiger partial charge on any atom is -0.495 e. The number of sulfone groups is 1. The Balaban J connectivity index is 2.02. The number of amides is 1. The number of carbonyl (C=O) groups is 1. The van der Waals surface area contributed by atoms with Gasteiger partial charge < -0.3 is 14.6 Å². The number of halogens is 1. The zero-order valence-corrected chi connectivity index (χ0v) is 20.6. The first-order valence-electron chi connectivity index (χ1n) is 10.1. The molecule has 1 aromatic heterocycles. The summed E-state index contributed by atoms with van der Waals surface area (Å²) in [5.41, 5.74) is 2.12. The van der Waals surface area contributed by atoms with E-state index in [1.165, 1.54) is 19.2 Å². The molecular weight excluding hydrogens is 464 g/mol. The van der Waals surface area contributed by atoms with E-state index in [2.05, 4.69) is 5.32 Å². The van der Waals surface area contributed by atoms with E-state index >= 15 is 0 Å². The summed E-state index contributed by atoms with van der Waals surface area (Å²) < 4.78 is 33.1. The average molecular weight is 489 g/mol. The van der Waals surface area contributed by atoms with Crippen LogP contribution < -0.4 is 15.6 Å². The molecule has 0 spiro atoms. The lowest BCUT2D eigenvalue weighted by atomic mass is 10.1. The summed E-state index contributed by atoms with van der Waals surface area (Å²) >= 11 is 6.01. The van der Waals surface area contributed by atoms with Gasteiger partial charge in [0.15, 0.2) is 0 Å². The van der Waals surface area contributed by atoms with Gasteiger partial charge in [0.05, 0.1) is 17.7 Å². The number of nitrogens with zero attached hydrogens (tertiary/aromatic N) is 1. The molecule has 0 aliphatic carbocycles. The SMILES string of the molecule is COc1ccc(Cl)cc1NC(=O)Cn1c(C)cc(C)c(S(=O)(=O)c2ccc(C)c(C)c2)c1=O. The Bertz CT molecular complexity index is 1410. The summed E-state index contributed by atoms with van der Waals surface area (Å²) in [4.78, 5) is 25.7. The molecule has 0 saturated heterocycles. The fraction of sp³-hybridized carbons (Fsp3) is 0.250. The largest absolute Gasteiger partial charge is 0.495 e. The molecule has 0 aliphatic rings. The van der Waals surface area contributed by atoms with E-state index in [0.29, 0.717) is 27.7 Å². The molecule has 1 N–H and O–H groups in total. The van der Waals surface area contributed by atoms with Crippen molar-refractivity contribution >= 4 is 33.0 Å². The highest BCUT2D eigenvalue weighted by Gasteiger charge is 2.26. The van der Waals surface area contributed by atoms with Crippen LogP contribution in [0.25, 0.3) is 0 Å². The lowest BCUT2D eigenvalue weighted by molar-refractivity contribution is -0.116. The van der Waals surface area contributed by atoms with E-state index in [9.17, 15) is 18.0 Å². The molecule has 7 nitrogen and oxygen atoms in total. The van der Waals surface area contributed by atoms with Crippen molar-refractivity contribution in [1.82, 2.24) is 4.57 Å². The zero-order chi connectivity index (χ0) is 24.5. The first kappa shape index (κ1) is 24.5. The van der Waals surface area contributed by atoms with Crippen LogP contribution in [0.5, 0.6) is 5.75 Å². The molecule has 174 valence electrons. The van der Waals surface area contributed by atoms with Crippen molar-refractivity contribution < 1.29 is 17.9 Å². The Hall–Kier alpha value is -3.10. The molecule has 1 heterocycles. The minimum atomic E-state index is -4.09. The first-order chi connectivity index (χ1) is 15.4. The van der Waals surface area contributed by atoms with Gasteiger partial charge in [-0.25, -0.2) is 8.42 Å². The number of ether oxygens (including phenoxy) is 1. The number of hydrogen-bond donors (Lipinski definition) is 1. The van der Waals surface area contributed by atoms with Gasteiger partial charge in [-0.1, -0.05) is 17.7 Å². The molecule has 33 heavy (non-hydrogen) atoms. The van der Waals surface area contributed by atoms with Crippen LogP contribution in [0.3, 0.4) is 0 Å². The van der Waals surface area contributed by atoms with Gasteiger partial charge >= 0.3 is 0 Å². The van der Waals surface area contributed by atoms with Crippen LogP contribution in [0, 0.1) is 27.7 Å². The third kappa shape index (κ3) is 4.96. The second-order valence-electron chi connectivity index (χ2n) is 7.83. The van der Waals surface area contributed by atoms with Gasteiger partial charge in [-0.05, 0) is 80.8 Å². The summed E-state index contributed by atoms with van der Waals surface area (Å²) in [6.07, 6.45) is 0. The maximum absolute atomic E-state index is 13.4. The van der Waals surface area contributed by atoms with E-state index < -0.39 is 21.3 Å². The van der Waals surface area contributed by atoms with Gasteiger partial charge in [-0.2, -0.15) is 0 Å². The van der Waals surface area contributed by atoms with E-state index in [4.69, 9.17) is 16.3 Å². The molecule has 0 aliphatic heterocycles. The molecular formula is C24H25ClN2O5S. The number of carbonyl (C=O) groups excluding carboxylic acids is 1. The van der Waals surface area contributed by atoms with Crippen molar-refractivity contribution in [3.05, 3.63) is 80.2 Å². The monoisotopic (exact) mass is 488 g/mol. The fourth-order valence-electron chi connectivity index (χ4n) is 3.54. The molecule has 9 heteroatoms. The molecule has 0 saturated carbocycles. The number of benzene rings is 2. The van der Waals surface area contributed by atoms with Crippen LogP contribution in [0.1, 0.15) is 22.4 Å². The van der Waals surface area contributed by atoms with Crippen molar-refractivity contribution in [1.29, 1.82) is 0 Å².